The largest absolute Gasteiger partial charge is 0.387 e. The highest BCUT2D eigenvalue weighted by Gasteiger charge is 2.41. The summed E-state index contributed by atoms with van der Waals surface area (Å²) in [5.74, 6) is -3.28. The third-order valence-corrected chi connectivity index (χ3v) is 1.40. The molecule has 1 aliphatic rings. The van der Waals surface area contributed by atoms with Crippen LogP contribution in [-0.2, 0) is 19.1 Å². The molecule has 1 atom stereocenters. The van der Waals surface area contributed by atoms with Gasteiger partial charge in [-0.05, 0) is 6.42 Å². The SMILES string of the molecule is CCC1C(=O)OC(=O)C1=O. The van der Waals surface area contributed by atoms with Gasteiger partial charge < -0.3 is 4.74 Å². The summed E-state index contributed by atoms with van der Waals surface area (Å²) in [7, 11) is 0. The predicted octanol–water partition coefficient (Wildman–Crippen LogP) is -0.335. The molecule has 1 heterocycles. The molecule has 10 heavy (non-hydrogen) atoms. The number of cyclic esters (lactones) is 2. The third kappa shape index (κ3) is 0.814. The minimum absolute atomic E-state index is 0.337. The topological polar surface area (TPSA) is 60.4 Å². The monoisotopic (exact) mass is 142 g/mol. The van der Waals surface area contributed by atoms with E-state index >= 15 is 0 Å². The smallest absolute Gasteiger partial charge is 0.383 e. The van der Waals surface area contributed by atoms with E-state index in [2.05, 4.69) is 4.74 Å². The molecule has 0 aromatic carbocycles. The number of carbonyl (C=O) groups is 3. The van der Waals surface area contributed by atoms with Crippen LogP contribution in [0.1, 0.15) is 13.3 Å². The summed E-state index contributed by atoms with van der Waals surface area (Å²) in [6.45, 7) is 1.66. The van der Waals surface area contributed by atoms with Crippen molar-refractivity contribution >= 4 is 17.7 Å². The highest BCUT2D eigenvalue weighted by Crippen LogP contribution is 2.14. The fourth-order valence-corrected chi connectivity index (χ4v) is 0.814. The number of hydrogen-bond acceptors (Lipinski definition) is 4. The van der Waals surface area contributed by atoms with Gasteiger partial charge in [0.25, 0.3) is 5.78 Å². The van der Waals surface area contributed by atoms with Crippen LogP contribution in [0.2, 0.25) is 0 Å². The number of ketones is 1. The van der Waals surface area contributed by atoms with E-state index in [-0.39, 0.29) is 0 Å². The quantitative estimate of drug-likeness (QED) is 0.285. The minimum atomic E-state index is -1.02. The van der Waals surface area contributed by atoms with Crippen LogP contribution in [0.4, 0.5) is 0 Å². The van der Waals surface area contributed by atoms with Crippen LogP contribution in [0.15, 0.2) is 0 Å². The minimum Gasteiger partial charge on any atom is -0.387 e. The van der Waals surface area contributed by atoms with Gasteiger partial charge in [-0.2, -0.15) is 0 Å². The predicted molar refractivity (Wildman–Crippen MR) is 29.9 cm³/mol. The van der Waals surface area contributed by atoms with Crippen LogP contribution in [0.5, 0.6) is 0 Å². The Bertz CT molecular complexity index is 206. The van der Waals surface area contributed by atoms with Gasteiger partial charge in [0.05, 0.1) is 0 Å². The van der Waals surface area contributed by atoms with Crippen molar-refractivity contribution in [3.05, 3.63) is 0 Å². The molecule has 0 radical (unpaired) electrons. The summed E-state index contributed by atoms with van der Waals surface area (Å²) < 4.78 is 4.05. The number of Topliss-reactive ketones (excluding diaryl/α,β-unsaturated/α-hetero) is 1. The van der Waals surface area contributed by atoms with Gasteiger partial charge in [-0.3, -0.25) is 9.59 Å². The molecule has 1 aliphatic heterocycles. The maximum absolute atomic E-state index is 10.7. The second-order valence-corrected chi connectivity index (χ2v) is 2.03. The summed E-state index contributed by atoms with van der Waals surface area (Å²) in [5, 5.41) is 0. The molecule has 1 unspecified atom stereocenters. The molecule has 4 heteroatoms. The lowest BCUT2D eigenvalue weighted by molar-refractivity contribution is -0.155. The zero-order chi connectivity index (χ0) is 7.72. The number of rotatable bonds is 1. The zero-order valence-electron chi connectivity index (χ0n) is 5.42. The van der Waals surface area contributed by atoms with Gasteiger partial charge in [0.2, 0.25) is 0 Å². The molecule has 0 N–H and O–H groups in total. The van der Waals surface area contributed by atoms with Crippen LogP contribution in [0.3, 0.4) is 0 Å². The molecule has 0 aromatic rings. The Hall–Kier alpha value is -1.19. The van der Waals surface area contributed by atoms with E-state index in [0.29, 0.717) is 6.42 Å². The van der Waals surface area contributed by atoms with Crippen molar-refractivity contribution in [1.29, 1.82) is 0 Å². The van der Waals surface area contributed by atoms with Gasteiger partial charge in [-0.25, -0.2) is 4.79 Å². The lowest BCUT2D eigenvalue weighted by atomic mass is 10.0. The lowest BCUT2D eigenvalue weighted by Crippen LogP contribution is -2.15. The molecule has 1 saturated heterocycles. The van der Waals surface area contributed by atoms with Crippen molar-refractivity contribution in [2.24, 2.45) is 5.92 Å². The fourth-order valence-electron chi connectivity index (χ4n) is 0.814. The van der Waals surface area contributed by atoms with Crippen molar-refractivity contribution in [2.75, 3.05) is 0 Å². The van der Waals surface area contributed by atoms with Crippen LogP contribution >= 0.6 is 0 Å². The van der Waals surface area contributed by atoms with Crippen molar-refractivity contribution < 1.29 is 19.1 Å². The first kappa shape index (κ1) is 6.92. The summed E-state index contributed by atoms with van der Waals surface area (Å²) in [6.07, 6.45) is 0.337. The second kappa shape index (κ2) is 2.21. The Labute approximate surface area is 57.2 Å². The van der Waals surface area contributed by atoms with Crippen molar-refractivity contribution in [3.8, 4) is 0 Å². The maximum atomic E-state index is 10.7. The fraction of sp³-hybridized carbons (Fsp3) is 0.500. The van der Waals surface area contributed by atoms with E-state index < -0.39 is 23.6 Å². The molecule has 1 fully saturated rings. The molecule has 0 aromatic heterocycles. The van der Waals surface area contributed by atoms with E-state index in [1.165, 1.54) is 0 Å². The van der Waals surface area contributed by atoms with Gasteiger partial charge in [0.15, 0.2) is 0 Å². The Morgan fingerprint density at radius 2 is 2.00 bits per heavy atom. The lowest BCUT2D eigenvalue weighted by Gasteiger charge is -1.92. The second-order valence-electron chi connectivity index (χ2n) is 2.03. The van der Waals surface area contributed by atoms with Gasteiger partial charge >= 0.3 is 11.9 Å². The van der Waals surface area contributed by atoms with Gasteiger partial charge in [0, 0.05) is 0 Å². The number of ether oxygens (including phenoxy) is 1. The number of hydrogen-bond donors (Lipinski definition) is 0. The highest BCUT2D eigenvalue weighted by atomic mass is 16.6. The number of esters is 2. The number of carbonyl (C=O) groups excluding carboxylic acids is 3. The Morgan fingerprint density at radius 3 is 2.20 bits per heavy atom. The standard InChI is InChI=1S/C6H6O4/c1-2-3-4(7)6(9)10-5(3)8/h3H,2H2,1H3. The molecule has 0 spiro atoms. The maximum Gasteiger partial charge on any atom is 0.383 e. The molecule has 54 valence electrons. The third-order valence-electron chi connectivity index (χ3n) is 1.40. The summed E-state index contributed by atoms with van der Waals surface area (Å²) in [5.41, 5.74) is 0. The van der Waals surface area contributed by atoms with E-state index in [0.717, 1.165) is 0 Å². The van der Waals surface area contributed by atoms with Crippen LogP contribution in [0.25, 0.3) is 0 Å². The molecule has 0 aliphatic carbocycles. The zero-order valence-corrected chi connectivity index (χ0v) is 5.42. The molecule has 0 bridgehead atoms. The first-order valence-electron chi connectivity index (χ1n) is 2.96. The van der Waals surface area contributed by atoms with Gasteiger partial charge in [-0.15, -0.1) is 0 Å². The highest BCUT2D eigenvalue weighted by molar-refractivity contribution is 6.43. The summed E-state index contributed by atoms with van der Waals surface area (Å²) in [6, 6.07) is 0. The molecule has 0 saturated carbocycles. The molecular weight excluding hydrogens is 136 g/mol. The first-order valence-corrected chi connectivity index (χ1v) is 2.96. The van der Waals surface area contributed by atoms with E-state index in [1.807, 2.05) is 0 Å². The van der Waals surface area contributed by atoms with Crippen LogP contribution in [0, 0.1) is 5.92 Å². The van der Waals surface area contributed by atoms with Gasteiger partial charge in [0.1, 0.15) is 5.92 Å². The first-order chi connectivity index (χ1) is 4.66. The van der Waals surface area contributed by atoms with Crippen molar-refractivity contribution in [3.63, 3.8) is 0 Å². The average molecular weight is 142 g/mol. The average Bonchev–Trinajstić information content (AvgIpc) is 2.09. The summed E-state index contributed by atoms with van der Waals surface area (Å²) in [4.78, 5) is 31.6. The Kier molecular flexibility index (Phi) is 1.53. The Balaban J connectivity index is 2.84. The van der Waals surface area contributed by atoms with Crippen LogP contribution < -0.4 is 0 Å². The van der Waals surface area contributed by atoms with E-state index in [4.69, 9.17) is 0 Å². The van der Waals surface area contributed by atoms with Crippen molar-refractivity contribution in [2.45, 2.75) is 13.3 Å². The molecule has 4 nitrogen and oxygen atoms in total. The summed E-state index contributed by atoms with van der Waals surface area (Å²) >= 11 is 0. The Morgan fingerprint density at radius 1 is 1.40 bits per heavy atom. The molecule has 1 rings (SSSR count). The van der Waals surface area contributed by atoms with Crippen LogP contribution in [-0.4, -0.2) is 17.7 Å². The van der Waals surface area contributed by atoms with Crippen molar-refractivity contribution in [1.82, 2.24) is 0 Å². The molecular formula is C6H6O4. The van der Waals surface area contributed by atoms with E-state index in [1.54, 1.807) is 6.92 Å². The molecule has 0 amide bonds. The normalized spacial score (nSPS) is 25.3. The van der Waals surface area contributed by atoms with E-state index in [9.17, 15) is 14.4 Å². The van der Waals surface area contributed by atoms with Gasteiger partial charge in [-0.1, -0.05) is 6.92 Å².